The minimum absolute atomic E-state index is 0.106. The van der Waals surface area contributed by atoms with Gasteiger partial charge in [-0.2, -0.15) is 0 Å². The number of urea groups is 1. The van der Waals surface area contributed by atoms with Crippen LogP contribution in [0.15, 0.2) is 54.2 Å². The number of carbonyl (C=O) groups is 3. The number of nitrogens with zero attached hydrogens (tertiary/aromatic N) is 1. The van der Waals surface area contributed by atoms with Crippen molar-refractivity contribution in [3.05, 3.63) is 59.8 Å². The number of aliphatic carboxylic acids is 1. The first kappa shape index (κ1) is 18.0. The van der Waals surface area contributed by atoms with Gasteiger partial charge in [-0.05, 0) is 35.9 Å². The van der Waals surface area contributed by atoms with Crippen LogP contribution in [0.4, 0.5) is 10.5 Å². The predicted octanol–water partition coefficient (Wildman–Crippen LogP) is 0.921. The van der Waals surface area contributed by atoms with Crippen LogP contribution in [0.2, 0.25) is 0 Å². The molecule has 0 spiro atoms. The van der Waals surface area contributed by atoms with Gasteiger partial charge in [0.2, 0.25) is 0 Å². The molecule has 0 bridgehead atoms. The van der Waals surface area contributed by atoms with Crippen LogP contribution in [0.25, 0.3) is 6.08 Å². The van der Waals surface area contributed by atoms with Crippen molar-refractivity contribution in [2.75, 3.05) is 18.6 Å². The molecule has 2 aromatic carbocycles. The number of benzene rings is 2. The summed E-state index contributed by atoms with van der Waals surface area (Å²) in [6.07, 6.45) is 1.49. The Hall–Kier alpha value is -3.81. The first-order valence-electron chi connectivity index (χ1n) is 7.92. The summed E-state index contributed by atoms with van der Waals surface area (Å²) < 4.78 is 10.2. The van der Waals surface area contributed by atoms with Gasteiger partial charge in [0.1, 0.15) is 12.3 Å². The molecule has 0 atom stereocenters. The first-order chi connectivity index (χ1) is 13.0. The zero-order chi connectivity index (χ0) is 19.4. The summed E-state index contributed by atoms with van der Waals surface area (Å²) in [6, 6.07) is 12.7. The quantitative estimate of drug-likeness (QED) is 0.601. The van der Waals surface area contributed by atoms with Crippen LogP contribution in [0.1, 0.15) is 5.56 Å². The number of carboxylic acid groups (broad SMARTS) is 1. The van der Waals surface area contributed by atoms with Crippen molar-refractivity contribution in [3.8, 4) is 11.5 Å². The van der Waals surface area contributed by atoms with E-state index in [1.165, 1.54) is 19.3 Å². The second-order valence-corrected chi connectivity index (χ2v) is 5.54. The Kier molecular flexibility index (Phi) is 5.07. The number of rotatable bonds is 6. The highest BCUT2D eigenvalue weighted by molar-refractivity contribution is 6.28. The zero-order valence-corrected chi connectivity index (χ0v) is 14.3. The molecule has 138 valence electrons. The number of carboxylic acids is 1. The molecule has 1 aliphatic heterocycles. The maximum absolute atomic E-state index is 12.6. The van der Waals surface area contributed by atoms with Crippen LogP contribution in [-0.4, -0.2) is 31.6 Å². The number of nitrogens with one attached hydrogen (secondary N) is 1. The molecule has 2 aromatic rings. The molecule has 1 aliphatic rings. The van der Waals surface area contributed by atoms with Crippen molar-refractivity contribution in [3.63, 3.8) is 0 Å². The van der Waals surface area contributed by atoms with E-state index in [9.17, 15) is 19.5 Å². The Balaban J connectivity index is 1.85. The zero-order valence-electron chi connectivity index (χ0n) is 14.3. The lowest BCUT2D eigenvalue weighted by Gasteiger charge is -2.12. The normalized spacial score (nSPS) is 15.0. The summed E-state index contributed by atoms with van der Waals surface area (Å²) in [6.45, 7) is -0.614. The molecule has 1 N–H and O–H groups in total. The monoisotopic (exact) mass is 367 g/mol. The molecule has 8 nitrogen and oxygen atoms in total. The minimum atomic E-state index is -1.36. The second kappa shape index (κ2) is 7.61. The van der Waals surface area contributed by atoms with E-state index in [0.29, 0.717) is 11.3 Å². The number of hydrogen-bond acceptors (Lipinski definition) is 6. The third kappa shape index (κ3) is 3.90. The number of para-hydroxylation sites is 1. The number of methoxy groups -OCH3 is 1. The third-order valence-electron chi connectivity index (χ3n) is 3.74. The molecule has 0 aromatic heterocycles. The number of carbonyl (C=O) groups excluding carboxylic acids is 3. The highest BCUT2D eigenvalue weighted by Crippen LogP contribution is 2.29. The average molecular weight is 367 g/mol. The maximum Gasteiger partial charge on any atom is 0.333 e. The van der Waals surface area contributed by atoms with Crippen molar-refractivity contribution in [2.45, 2.75) is 0 Å². The molecule has 27 heavy (non-hydrogen) atoms. The van der Waals surface area contributed by atoms with Crippen LogP contribution in [0.3, 0.4) is 0 Å². The van der Waals surface area contributed by atoms with E-state index in [-0.39, 0.29) is 17.2 Å². The number of amides is 3. The standard InChI is InChI=1S/C19H16N2O6/c1-26-16-10-12(7-8-15(16)27-11-17(22)23)9-14-18(24)21(19(25)20-14)13-5-3-2-4-6-13/h2-10H,11H2,1H3,(H,20,25)(H,22,23)/p-1/b14-9+. The van der Waals surface area contributed by atoms with Crippen molar-refractivity contribution in [2.24, 2.45) is 0 Å². The Morgan fingerprint density at radius 1 is 1.15 bits per heavy atom. The molecular formula is C19H15N2O6-. The van der Waals surface area contributed by atoms with Crippen molar-refractivity contribution in [1.82, 2.24) is 5.32 Å². The number of ether oxygens (including phenoxy) is 2. The van der Waals surface area contributed by atoms with E-state index in [2.05, 4.69) is 5.32 Å². The molecule has 0 radical (unpaired) electrons. The van der Waals surface area contributed by atoms with Gasteiger partial charge in [0.15, 0.2) is 11.5 Å². The van der Waals surface area contributed by atoms with E-state index in [1.54, 1.807) is 42.5 Å². The lowest BCUT2D eigenvalue weighted by atomic mass is 10.1. The van der Waals surface area contributed by atoms with Gasteiger partial charge in [0.25, 0.3) is 5.91 Å². The third-order valence-corrected chi connectivity index (χ3v) is 3.74. The van der Waals surface area contributed by atoms with Gasteiger partial charge < -0.3 is 24.7 Å². The van der Waals surface area contributed by atoms with Crippen molar-refractivity contribution < 1.29 is 29.0 Å². The van der Waals surface area contributed by atoms with Gasteiger partial charge in [0, 0.05) is 0 Å². The van der Waals surface area contributed by atoms with Gasteiger partial charge in [-0.3, -0.25) is 4.79 Å². The lowest BCUT2D eigenvalue weighted by molar-refractivity contribution is -0.307. The highest BCUT2D eigenvalue weighted by atomic mass is 16.5. The van der Waals surface area contributed by atoms with Crippen LogP contribution in [0, 0.1) is 0 Å². The van der Waals surface area contributed by atoms with Gasteiger partial charge >= 0.3 is 6.03 Å². The molecule has 3 rings (SSSR count). The Labute approximate surface area is 154 Å². The summed E-state index contributed by atoms with van der Waals surface area (Å²) >= 11 is 0. The molecular weight excluding hydrogens is 352 g/mol. The van der Waals surface area contributed by atoms with Gasteiger partial charge in [0.05, 0.1) is 18.8 Å². The minimum Gasteiger partial charge on any atom is -0.546 e. The Morgan fingerprint density at radius 2 is 1.89 bits per heavy atom. The molecule has 0 aliphatic carbocycles. The van der Waals surface area contributed by atoms with E-state index in [4.69, 9.17) is 9.47 Å². The molecule has 1 heterocycles. The molecule has 8 heteroatoms. The Bertz CT molecular complexity index is 923. The van der Waals surface area contributed by atoms with Crippen LogP contribution < -0.4 is 24.8 Å². The number of hydrogen-bond donors (Lipinski definition) is 1. The fourth-order valence-electron chi connectivity index (χ4n) is 2.54. The second-order valence-electron chi connectivity index (χ2n) is 5.54. The van der Waals surface area contributed by atoms with E-state index in [1.807, 2.05) is 0 Å². The first-order valence-corrected chi connectivity index (χ1v) is 7.92. The van der Waals surface area contributed by atoms with Crippen molar-refractivity contribution in [1.29, 1.82) is 0 Å². The topological polar surface area (TPSA) is 108 Å². The summed E-state index contributed by atoms with van der Waals surface area (Å²) in [5.74, 6) is -1.34. The molecule has 3 amide bonds. The number of imide groups is 1. The fraction of sp³-hybridized carbons (Fsp3) is 0.105. The summed E-state index contributed by atoms with van der Waals surface area (Å²) in [5, 5.41) is 13.0. The van der Waals surface area contributed by atoms with Crippen LogP contribution in [0.5, 0.6) is 11.5 Å². The highest BCUT2D eigenvalue weighted by Gasteiger charge is 2.34. The van der Waals surface area contributed by atoms with Crippen molar-refractivity contribution >= 4 is 29.7 Å². The van der Waals surface area contributed by atoms with E-state index >= 15 is 0 Å². The molecule has 0 saturated carbocycles. The molecule has 1 fully saturated rings. The Morgan fingerprint density at radius 3 is 2.56 bits per heavy atom. The lowest BCUT2D eigenvalue weighted by Crippen LogP contribution is -2.30. The number of anilines is 1. The summed E-state index contributed by atoms with van der Waals surface area (Å²) in [5.41, 5.74) is 1.13. The van der Waals surface area contributed by atoms with Gasteiger partial charge in [-0.25, -0.2) is 9.69 Å². The largest absolute Gasteiger partial charge is 0.546 e. The van der Waals surface area contributed by atoms with E-state index < -0.39 is 24.5 Å². The summed E-state index contributed by atoms with van der Waals surface area (Å²) in [7, 11) is 1.40. The average Bonchev–Trinajstić information content (AvgIpc) is 2.94. The maximum atomic E-state index is 12.6. The van der Waals surface area contributed by atoms with Gasteiger partial charge in [-0.1, -0.05) is 24.3 Å². The smallest absolute Gasteiger partial charge is 0.333 e. The van der Waals surface area contributed by atoms with E-state index in [0.717, 1.165) is 4.90 Å². The fourth-order valence-corrected chi connectivity index (χ4v) is 2.54. The van der Waals surface area contributed by atoms with Crippen LogP contribution >= 0.6 is 0 Å². The van der Waals surface area contributed by atoms with Crippen LogP contribution in [-0.2, 0) is 9.59 Å². The SMILES string of the molecule is COc1cc(/C=C2/NC(=O)N(c3ccccc3)C2=O)ccc1OCC(=O)[O-]. The molecule has 0 unspecified atom stereocenters. The predicted molar refractivity (Wildman–Crippen MR) is 93.9 cm³/mol. The summed E-state index contributed by atoms with van der Waals surface area (Å²) in [4.78, 5) is 36.3. The van der Waals surface area contributed by atoms with Gasteiger partial charge in [-0.15, -0.1) is 0 Å². The molecule has 1 saturated heterocycles.